The zero-order chi connectivity index (χ0) is 23.0. The summed E-state index contributed by atoms with van der Waals surface area (Å²) in [5.41, 5.74) is 1.42. The lowest BCUT2D eigenvalue weighted by Crippen LogP contribution is -2.27. The molecule has 2 aromatic carbocycles. The molecule has 0 radical (unpaired) electrons. The fourth-order valence-corrected chi connectivity index (χ4v) is 3.80. The third-order valence-corrected chi connectivity index (χ3v) is 5.14. The van der Waals surface area contributed by atoms with E-state index in [0.29, 0.717) is 34.2 Å². The maximum absolute atomic E-state index is 14.0. The third kappa shape index (κ3) is 4.21. The zero-order valence-corrected chi connectivity index (χ0v) is 17.8. The normalized spacial score (nSPS) is 11.4. The molecule has 6 nitrogen and oxygen atoms in total. The molecule has 0 aliphatic heterocycles. The van der Waals surface area contributed by atoms with Crippen LogP contribution in [-0.2, 0) is 6.42 Å². The van der Waals surface area contributed by atoms with Crippen LogP contribution in [0.25, 0.3) is 21.9 Å². The van der Waals surface area contributed by atoms with Crippen LogP contribution >= 0.6 is 0 Å². The Morgan fingerprint density at radius 1 is 1.16 bits per heavy atom. The molecule has 4 rings (SSSR count). The van der Waals surface area contributed by atoms with Crippen molar-refractivity contribution in [3.05, 3.63) is 75.3 Å². The molecule has 0 bridgehead atoms. The molecule has 0 aliphatic carbocycles. The van der Waals surface area contributed by atoms with E-state index in [2.05, 4.69) is 10.3 Å². The molecule has 1 amide bonds. The molecule has 4 aromatic rings. The van der Waals surface area contributed by atoms with E-state index in [-0.39, 0.29) is 29.3 Å². The minimum absolute atomic E-state index is 0.0550. The number of aromatic amines is 1. The number of H-pyrrole nitrogens is 1. The molecule has 0 aliphatic rings. The summed E-state index contributed by atoms with van der Waals surface area (Å²) in [5.74, 6) is -1.25. The Labute approximate surface area is 182 Å². The second-order valence-corrected chi connectivity index (χ2v) is 7.85. The largest absolute Gasteiger partial charge is 0.491 e. The fourth-order valence-electron chi connectivity index (χ4n) is 3.80. The topological polar surface area (TPSA) is 84.3 Å². The minimum atomic E-state index is -0.665. The summed E-state index contributed by atoms with van der Waals surface area (Å²) in [5, 5.41) is 3.69. The first-order chi connectivity index (χ1) is 15.2. The Morgan fingerprint density at radius 2 is 1.94 bits per heavy atom. The van der Waals surface area contributed by atoms with E-state index in [1.165, 1.54) is 6.07 Å². The lowest BCUT2D eigenvalue weighted by Gasteiger charge is -2.11. The van der Waals surface area contributed by atoms with Crippen molar-refractivity contribution in [2.45, 2.75) is 33.3 Å². The highest BCUT2D eigenvalue weighted by atomic mass is 19.1. The van der Waals surface area contributed by atoms with Gasteiger partial charge in [0.2, 0.25) is 0 Å². The van der Waals surface area contributed by atoms with Gasteiger partial charge in [0, 0.05) is 41.2 Å². The van der Waals surface area contributed by atoms with Crippen LogP contribution < -0.4 is 15.7 Å². The van der Waals surface area contributed by atoms with Crippen LogP contribution in [0.15, 0.2) is 45.6 Å². The first-order valence-corrected chi connectivity index (χ1v) is 10.2. The summed E-state index contributed by atoms with van der Waals surface area (Å²) < 4.78 is 38.5. The highest BCUT2D eigenvalue weighted by Gasteiger charge is 2.16. The van der Waals surface area contributed by atoms with Crippen LogP contribution in [0.1, 0.15) is 35.5 Å². The van der Waals surface area contributed by atoms with Crippen LogP contribution in [0.2, 0.25) is 0 Å². The number of carbonyl (C=O) groups excluding carboxylic acids is 1. The molecule has 166 valence electrons. The Bertz CT molecular complexity index is 1390. The number of halogens is 2. The van der Waals surface area contributed by atoms with E-state index in [1.807, 2.05) is 13.8 Å². The average Bonchev–Trinajstić information content (AvgIpc) is 3.02. The molecule has 8 heteroatoms. The summed E-state index contributed by atoms with van der Waals surface area (Å²) in [7, 11) is 0. The first-order valence-electron chi connectivity index (χ1n) is 10.2. The van der Waals surface area contributed by atoms with E-state index in [9.17, 15) is 18.4 Å². The van der Waals surface area contributed by atoms with Crippen molar-refractivity contribution in [3.63, 3.8) is 0 Å². The first kappa shape index (κ1) is 21.5. The number of benzene rings is 2. The predicted octanol–water partition coefficient (Wildman–Crippen LogP) is 4.62. The number of fused-ring (bicyclic) bond motifs is 2. The zero-order valence-electron chi connectivity index (χ0n) is 17.8. The summed E-state index contributed by atoms with van der Waals surface area (Å²) >= 11 is 0. The molecular weight excluding hydrogens is 418 g/mol. The van der Waals surface area contributed by atoms with Crippen LogP contribution in [0.3, 0.4) is 0 Å². The standard InChI is InChI=1S/C24H22F2N2O4/c1-12(2)31-15-4-5-17-19(11-22(29)32-21(17)10-15)24(30)27-7-6-16-13(3)28-23-18(16)8-14(25)9-20(23)26/h4-5,8-12,28H,6-7H2,1-3H3,(H,27,30). The van der Waals surface area contributed by atoms with Gasteiger partial charge in [-0.3, -0.25) is 4.79 Å². The van der Waals surface area contributed by atoms with Gasteiger partial charge in [-0.1, -0.05) is 0 Å². The number of rotatable bonds is 6. The third-order valence-electron chi connectivity index (χ3n) is 5.14. The monoisotopic (exact) mass is 440 g/mol. The van der Waals surface area contributed by atoms with Gasteiger partial charge in [0.25, 0.3) is 5.91 Å². The molecule has 0 saturated carbocycles. The molecule has 0 saturated heterocycles. The van der Waals surface area contributed by atoms with E-state index < -0.39 is 23.2 Å². The minimum Gasteiger partial charge on any atom is -0.491 e. The quantitative estimate of drug-likeness (QED) is 0.429. The Kier molecular flexibility index (Phi) is 5.69. The molecule has 0 unspecified atom stereocenters. The SMILES string of the molecule is Cc1[nH]c2c(F)cc(F)cc2c1CCNC(=O)c1cc(=O)oc2cc(OC(C)C)ccc12. The van der Waals surface area contributed by atoms with Crippen LogP contribution in [0.5, 0.6) is 5.75 Å². The van der Waals surface area contributed by atoms with Crippen molar-refractivity contribution in [1.29, 1.82) is 0 Å². The van der Waals surface area contributed by atoms with E-state index in [1.54, 1.807) is 25.1 Å². The van der Waals surface area contributed by atoms with E-state index in [4.69, 9.17) is 9.15 Å². The van der Waals surface area contributed by atoms with Gasteiger partial charge in [-0.25, -0.2) is 13.6 Å². The second-order valence-electron chi connectivity index (χ2n) is 7.85. The van der Waals surface area contributed by atoms with Gasteiger partial charge in [0.1, 0.15) is 23.0 Å². The van der Waals surface area contributed by atoms with E-state index in [0.717, 1.165) is 12.1 Å². The number of ether oxygens (including phenoxy) is 1. The maximum atomic E-state index is 14.0. The number of aryl methyl sites for hydroxylation is 1. The van der Waals surface area contributed by atoms with Gasteiger partial charge >= 0.3 is 5.63 Å². The van der Waals surface area contributed by atoms with Crippen LogP contribution in [-0.4, -0.2) is 23.5 Å². The summed E-state index contributed by atoms with van der Waals surface area (Å²) in [6.07, 6.45) is 0.298. The number of amides is 1. The van der Waals surface area contributed by atoms with E-state index >= 15 is 0 Å². The molecular formula is C24H22F2N2O4. The number of nitrogens with one attached hydrogen (secondary N) is 2. The predicted molar refractivity (Wildman–Crippen MR) is 117 cm³/mol. The lowest BCUT2D eigenvalue weighted by molar-refractivity contribution is 0.0955. The summed E-state index contributed by atoms with van der Waals surface area (Å²) in [6, 6.07) is 8.19. The Morgan fingerprint density at radius 3 is 2.69 bits per heavy atom. The van der Waals surface area contributed by atoms with Crippen LogP contribution in [0.4, 0.5) is 8.78 Å². The van der Waals surface area contributed by atoms with Gasteiger partial charge in [-0.05, 0) is 51.0 Å². The summed E-state index contributed by atoms with van der Waals surface area (Å²) in [4.78, 5) is 27.7. The molecule has 2 N–H and O–H groups in total. The molecule has 0 fully saturated rings. The second kappa shape index (κ2) is 8.45. The van der Waals surface area contributed by atoms with Gasteiger partial charge < -0.3 is 19.5 Å². The average molecular weight is 440 g/mol. The number of aromatic nitrogens is 1. The molecule has 0 spiro atoms. The van der Waals surface area contributed by atoms with Crippen molar-refractivity contribution in [2.75, 3.05) is 6.54 Å². The van der Waals surface area contributed by atoms with Crippen LogP contribution in [0, 0.1) is 18.6 Å². The molecule has 0 atom stereocenters. The highest BCUT2D eigenvalue weighted by Crippen LogP contribution is 2.26. The Hall–Kier alpha value is -3.68. The number of hydrogen-bond acceptors (Lipinski definition) is 4. The molecule has 2 aromatic heterocycles. The van der Waals surface area contributed by atoms with Gasteiger partial charge in [0.05, 0.1) is 17.2 Å². The lowest BCUT2D eigenvalue weighted by atomic mass is 10.1. The molecule has 32 heavy (non-hydrogen) atoms. The highest BCUT2D eigenvalue weighted by molar-refractivity contribution is 6.05. The maximum Gasteiger partial charge on any atom is 0.337 e. The van der Waals surface area contributed by atoms with Gasteiger partial charge in [-0.2, -0.15) is 0 Å². The number of hydrogen-bond donors (Lipinski definition) is 2. The van der Waals surface area contributed by atoms with Gasteiger partial charge in [-0.15, -0.1) is 0 Å². The van der Waals surface area contributed by atoms with Crippen molar-refractivity contribution in [3.8, 4) is 5.75 Å². The van der Waals surface area contributed by atoms with Crippen molar-refractivity contribution < 1.29 is 22.7 Å². The van der Waals surface area contributed by atoms with Crippen molar-refractivity contribution >= 4 is 27.8 Å². The summed E-state index contributed by atoms with van der Waals surface area (Å²) in [6.45, 7) is 5.73. The van der Waals surface area contributed by atoms with Crippen molar-refractivity contribution in [2.24, 2.45) is 0 Å². The van der Waals surface area contributed by atoms with Gasteiger partial charge in [0.15, 0.2) is 0 Å². The van der Waals surface area contributed by atoms with Crippen molar-refractivity contribution in [1.82, 2.24) is 10.3 Å². The fraction of sp³-hybridized carbons (Fsp3) is 0.250. The Balaban J connectivity index is 1.56. The number of carbonyl (C=O) groups is 1. The molecule has 2 heterocycles. The smallest absolute Gasteiger partial charge is 0.337 e.